The maximum atomic E-state index is 10.1. The van der Waals surface area contributed by atoms with Gasteiger partial charge in [0.25, 0.3) is 0 Å². The summed E-state index contributed by atoms with van der Waals surface area (Å²) in [5, 5.41) is 29.7. The number of fused-ring (bicyclic) bond motifs is 1. The molecule has 0 bridgehead atoms. The van der Waals surface area contributed by atoms with Crippen molar-refractivity contribution in [3.8, 4) is 0 Å². The Morgan fingerprint density at radius 2 is 1.95 bits per heavy atom. The number of benzene rings is 1. The van der Waals surface area contributed by atoms with E-state index >= 15 is 0 Å². The van der Waals surface area contributed by atoms with Gasteiger partial charge in [0.2, 0.25) is 5.28 Å². The molecule has 114 valence electrons. The number of aromatic nitrogens is 2. The molecule has 3 rings (SSSR count). The summed E-state index contributed by atoms with van der Waals surface area (Å²) < 4.78 is 5.48. The van der Waals surface area contributed by atoms with Crippen LogP contribution in [0.1, 0.15) is 11.7 Å². The molecule has 0 radical (unpaired) electrons. The molecule has 9 heteroatoms. The van der Waals surface area contributed by atoms with E-state index in [9.17, 15) is 10.2 Å². The molecule has 4 N–H and O–H groups in total. The average Bonchev–Trinajstić information content (AvgIpc) is 2.93. The predicted molar refractivity (Wildman–Crippen MR) is 77.8 cm³/mol. The number of rotatable bonds is 2. The van der Waals surface area contributed by atoms with E-state index in [0.717, 1.165) is 0 Å². The molecule has 0 amide bonds. The van der Waals surface area contributed by atoms with Crippen LogP contribution in [0.25, 0.3) is 11.0 Å². The third kappa shape index (κ3) is 2.41. The number of ether oxygens (including phenoxy) is 1. The van der Waals surface area contributed by atoms with Crippen molar-refractivity contribution in [1.29, 1.82) is 0 Å². The predicted octanol–water partition coefficient (Wildman–Crippen LogP) is 1.68. The van der Waals surface area contributed by atoms with E-state index in [2.05, 4.69) is 9.97 Å². The Balaban J connectivity index is 2.18. The number of hydrogen-bond donors (Lipinski definition) is 4. The summed E-state index contributed by atoms with van der Waals surface area (Å²) >= 11 is 18.1. The minimum Gasteiger partial charge on any atom is -0.394 e. The smallest absolute Gasteiger partial charge is 0.201 e. The van der Waals surface area contributed by atoms with Gasteiger partial charge in [0.15, 0.2) is 0 Å². The molecule has 1 aliphatic heterocycles. The zero-order chi connectivity index (χ0) is 15.3. The fourth-order valence-corrected chi connectivity index (χ4v) is 3.14. The number of hydrogen-bond acceptors (Lipinski definition) is 5. The molecule has 1 fully saturated rings. The van der Waals surface area contributed by atoms with Gasteiger partial charge < -0.3 is 25.0 Å². The normalized spacial score (nSPS) is 29.4. The molecule has 6 nitrogen and oxygen atoms in total. The number of H-pyrrole nitrogens is 1. The first-order valence-corrected chi connectivity index (χ1v) is 7.23. The van der Waals surface area contributed by atoms with E-state index in [1.165, 1.54) is 0 Å². The minimum atomic E-state index is -1.27. The fourth-order valence-electron chi connectivity index (χ4n) is 2.49. The summed E-state index contributed by atoms with van der Waals surface area (Å²) in [6.45, 7) is -0.433. The van der Waals surface area contributed by atoms with Crippen molar-refractivity contribution in [3.05, 3.63) is 27.0 Å². The van der Waals surface area contributed by atoms with Gasteiger partial charge in [-0.25, -0.2) is 4.98 Å². The second-order valence-electron chi connectivity index (χ2n) is 4.77. The quantitative estimate of drug-likeness (QED) is 0.658. The fraction of sp³-hybridized carbons (Fsp3) is 0.417. The summed E-state index contributed by atoms with van der Waals surface area (Å²) in [5.41, 5.74) is 1.25. The van der Waals surface area contributed by atoms with E-state index in [4.69, 9.17) is 44.6 Å². The van der Waals surface area contributed by atoms with Crippen molar-refractivity contribution in [2.24, 2.45) is 0 Å². The molecule has 21 heavy (non-hydrogen) atoms. The van der Waals surface area contributed by atoms with Crippen molar-refractivity contribution < 1.29 is 20.1 Å². The van der Waals surface area contributed by atoms with Crippen LogP contribution in [0.4, 0.5) is 0 Å². The van der Waals surface area contributed by atoms with Gasteiger partial charge >= 0.3 is 0 Å². The van der Waals surface area contributed by atoms with Crippen LogP contribution in [0.15, 0.2) is 6.07 Å². The Kier molecular flexibility index (Phi) is 4.04. The number of imidazole rings is 1. The van der Waals surface area contributed by atoms with E-state index in [0.29, 0.717) is 16.6 Å². The van der Waals surface area contributed by atoms with Gasteiger partial charge in [0.1, 0.15) is 24.4 Å². The van der Waals surface area contributed by atoms with Gasteiger partial charge in [-0.1, -0.05) is 23.2 Å². The van der Waals surface area contributed by atoms with E-state index < -0.39 is 31.0 Å². The molecule has 1 aromatic carbocycles. The number of halogens is 3. The van der Waals surface area contributed by atoms with Crippen molar-refractivity contribution in [2.75, 3.05) is 6.61 Å². The van der Waals surface area contributed by atoms with Crippen LogP contribution in [0.2, 0.25) is 15.3 Å². The Labute approximate surface area is 134 Å². The Hall–Kier alpha value is -0.600. The van der Waals surface area contributed by atoms with Gasteiger partial charge in [0, 0.05) is 5.56 Å². The first kappa shape index (κ1) is 15.3. The molecule has 0 spiro atoms. The van der Waals surface area contributed by atoms with Crippen molar-refractivity contribution in [3.63, 3.8) is 0 Å². The van der Waals surface area contributed by atoms with E-state index in [-0.39, 0.29) is 15.3 Å². The van der Waals surface area contributed by atoms with Crippen LogP contribution in [0.3, 0.4) is 0 Å². The van der Waals surface area contributed by atoms with Gasteiger partial charge in [-0.15, -0.1) is 0 Å². The van der Waals surface area contributed by atoms with Crippen molar-refractivity contribution in [1.82, 2.24) is 9.97 Å². The molecule has 4 atom stereocenters. The number of aliphatic hydroxyl groups excluding tert-OH is 3. The van der Waals surface area contributed by atoms with Gasteiger partial charge in [-0.2, -0.15) is 0 Å². The zero-order valence-electron chi connectivity index (χ0n) is 10.4. The van der Waals surface area contributed by atoms with E-state index in [1.54, 1.807) is 6.07 Å². The molecular weight excluding hydrogens is 343 g/mol. The largest absolute Gasteiger partial charge is 0.394 e. The highest BCUT2D eigenvalue weighted by molar-refractivity contribution is 6.43. The summed E-state index contributed by atoms with van der Waals surface area (Å²) in [6.07, 6.45) is -4.38. The number of nitrogens with zero attached hydrogens (tertiary/aromatic N) is 1. The van der Waals surface area contributed by atoms with Gasteiger partial charge in [-0.3, -0.25) is 0 Å². The third-order valence-electron chi connectivity index (χ3n) is 3.50. The van der Waals surface area contributed by atoms with Crippen LogP contribution in [0, 0.1) is 0 Å². The second-order valence-corrected chi connectivity index (χ2v) is 5.91. The molecule has 1 saturated heterocycles. The molecule has 2 aromatic rings. The van der Waals surface area contributed by atoms with Crippen molar-refractivity contribution in [2.45, 2.75) is 24.4 Å². The highest BCUT2D eigenvalue weighted by Gasteiger charge is 2.45. The standard InChI is InChI=1S/C12H11Cl3N2O4/c13-3-1-4-8(17-12(15)16-4)6(7(3)14)11-10(20)9(19)5(2-18)21-11/h1,5,9-11,18-20H,2H2,(H,16,17)/t5-,9-,10+,11+/m1/s1. The SMILES string of the molecule is OC[C@H]1O[C@@H](c2c(Cl)c(Cl)cc3[nH]c(Cl)nc23)[C@@H](O)[C@@H]1O. The number of aliphatic hydroxyl groups is 3. The first-order valence-electron chi connectivity index (χ1n) is 6.09. The highest BCUT2D eigenvalue weighted by atomic mass is 35.5. The Bertz CT molecular complexity index is 693. The van der Waals surface area contributed by atoms with Crippen molar-refractivity contribution >= 4 is 45.8 Å². The molecular formula is C12H11Cl3N2O4. The van der Waals surface area contributed by atoms with Crippen LogP contribution in [-0.4, -0.2) is 50.2 Å². The molecule has 1 aromatic heterocycles. The number of nitrogens with one attached hydrogen (secondary N) is 1. The second kappa shape index (κ2) is 5.55. The highest BCUT2D eigenvalue weighted by Crippen LogP contribution is 2.43. The monoisotopic (exact) mass is 352 g/mol. The zero-order valence-corrected chi connectivity index (χ0v) is 12.7. The van der Waals surface area contributed by atoms with Crippen LogP contribution in [0.5, 0.6) is 0 Å². The third-order valence-corrected chi connectivity index (χ3v) is 4.48. The van der Waals surface area contributed by atoms with E-state index in [1.807, 2.05) is 0 Å². The molecule has 2 heterocycles. The minimum absolute atomic E-state index is 0.135. The molecule has 0 saturated carbocycles. The molecule has 0 aliphatic carbocycles. The lowest BCUT2D eigenvalue weighted by molar-refractivity contribution is -0.0223. The maximum absolute atomic E-state index is 10.1. The van der Waals surface area contributed by atoms with Gasteiger partial charge in [-0.05, 0) is 17.7 Å². The molecule has 1 aliphatic rings. The maximum Gasteiger partial charge on any atom is 0.201 e. The van der Waals surface area contributed by atoms with Crippen LogP contribution in [-0.2, 0) is 4.74 Å². The summed E-state index contributed by atoms with van der Waals surface area (Å²) in [5.74, 6) is 0. The number of aromatic amines is 1. The summed E-state index contributed by atoms with van der Waals surface area (Å²) in [7, 11) is 0. The summed E-state index contributed by atoms with van der Waals surface area (Å²) in [4.78, 5) is 6.91. The summed E-state index contributed by atoms with van der Waals surface area (Å²) in [6, 6.07) is 1.56. The lowest BCUT2D eigenvalue weighted by Crippen LogP contribution is -2.32. The Morgan fingerprint density at radius 1 is 1.24 bits per heavy atom. The Morgan fingerprint density at radius 3 is 2.57 bits per heavy atom. The van der Waals surface area contributed by atoms with Gasteiger partial charge in [0.05, 0.1) is 27.7 Å². The topological polar surface area (TPSA) is 98.6 Å². The van der Waals surface area contributed by atoms with Crippen LogP contribution < -0.4 is 0 Å². The van der Waals surface area contributed by atoms with Crippen LogP contribution >= 0.6 is 34.8 Å². The first-order chi connectivity index (χ1) is 9.93. The average molecular weight is 354 g/mol. The lowest BCUT2D eigenvalue weighted by atomic mass is 10.00. The lowest BCUT2D eigenvalue weighted by Gasteiger charge is -2.17. The molecule has 0 unspecified atom stereocenters.